The van der Waals surface area contributed by atoms with Gasteiger partial charge in [0.15, 0.2) is 11.5 Å². The number of nitrogens with zero attached hydrogens (tertiary/aromatic N) is 1. The highest BCUT2D eigenvalue weighted by molar-refractivity contribution is 7.89. The number of methoxy groups -OCH3 is 1. The third-order valence-electron chi connectivity index (χ3n) is 3.32. The van der Waals surface area contributed by atoms with Gasteiger partial charge in [-0.3, -0.25) is 0 Å². The Balaban J connectivity index is 2.10. The summed E-state index contributed by atoms with van der Waals surface area (Å²) in [6.45, 7) is 4.73. The standard InChI is InChI=1S/C18H22N2O5S/c1-4-24-15-7-9-16(10-8-15)26(21,22)20-19-13-14-6-11-17(23-3)18(12-14)25-5-2/h6-13,20H,4-5H2,1-3H3/b19-13-. The molecule has 0 fully saturated rings. The molecule has 0 bridgehead atoms. The van der Waals surface area contributed by atoms with Crippen molar-refractivity contribution in [2.24, 2.45) is 5.10 Å². The van der Waals surface area contributed by atoms with Gasteiger partial charge in [0.25, 0.3) is 10.0 Å². The van der Waals surface area contributed by atoms with E-state index in [1.807, 2.05) is 13.8 Å². The van der Waals surface area contributed by atoms with Crippen LogP contribution in [0.4, 0.5) is 0 Å². The lowest BCUT2D eigenvalue weighted by molar-refractivity contribution is 0.311. The van der Waals surface area contributed by atoms with Crippen LogP contribution in [-0.2, 0) is 10.0 Å². The maximum atomic E-state index is 12.3. The highest BCUT2D eigenvalue weighted by atomic mass is 32.2. The van der Waals surface area contributed by atoms with Crippen molar-refractivity contribution in [3.8, 4) is 17.2 Å². The van der Waals surface area contributed by atoms with Crippen LogP contribution < -0.4 is 19.0 Å². The molecular weight excluding hydrogens is 356 g/mol. The van der Waals surface area contributed by atoms with E-state index in [-0.39, 0.29) is 4.90 Å². The highest BCUT2D eigenvalue weighted by Gasteiger charge is 2.12. The maximum absolute atomic E-state index is 12.3. The molecule has 0 aromatic heterocycles. The first-order chi connectivity index (χ1) is 12.5. The zero-order valence-electron chi connectivity index (χ0n) is 14.9. The van der Waals surface area contributed by atoms with Crippen molar-refractivity contribution < 1.29 is 22.6 Å². The summed E-state index contributed by atoms with van der Waals surface area (Å²) in [5, 5.41) is 3.81. The van der Waals surface area contributed by atoms with Gasteiger partial charge < -0.3 is 14.2 Å². The normalized spacial score (nSPS) is 11.3. The summed E-state index contributed by atoms with van der Waals surface area (Å²) in [5.74, 6) is 1.77. The Morgan fingerprint density at radius 2 is 1.69 bits per heavy atom. The molecule has 0 aliphatic rings. The first kappa shape index (κ1) is 19.6. The van der Waals surface area contributed by atoms with Crippen LogP contribution in [0, 0.1) is 0 Å². The average Bonchev–Trinajstić information content (AvgIpc) is 2.63. The summed E-state index contributed by atoms with van der Waals surface area (Å²) >= 11 is 0. The number of hydrogen-bond acceptors (Lipinski definition) is 6. The van der Waals surface area contributed by atoms with Crippen LogP contribution in [0.15, 0.2) is 52.5 Å². The molecule has 7 nitrogen and oxygen atoms in total. The number of nitrogens with one attached hydrogen (secondary N) is 1. The number of hydrogen-bond donors (Lipinski definition) is 1. The summed E-state index contributed by atoms with van der Waals surface area (Å²) in [6.07, 6.45) is 1.40. The van der Waals surface area contributed by atoms with Gasteiger partial charge in [-0.1, -0.05) is 0 Å². The number of benzene rings is 2. The van der Waals surface area contributed by atoms with Crippen molar-refractivity contribution >= 4 is 16.2 Å². The molecule has 0 heterocycles. The van der Waals surface area contributed by atoms with Crippen LogP contribution >= 0.6 is 0 Å². The molecule has 26 heavy (non-hydrogen) atoms. The fourth-order valence-electron chi connectivity index (χ4n) is 2.15. The van der Waals surface area contributed by atoms with Gasteiger partial charge in [0.2, 0.25) is 0 Å². The Labute approximate surface area is 153 Å². The topological polar surface area (TPSA) is 86.2 Å². The van der Waals surface area contributed by atoms with Crippen molar-refractivity contribution in [2.45, 2.75) is 18.7 Å². The smallest absolute Gasteiger partial charge is 0.276 e. The van der Waals surface area contributed by atoms with Crippen LogP contribution in [0.2, 0.25) is 0 Å². The van der Waals surface area contributed by atoms with Gasteiger partial charge in [-0.25, -0.2) is 4.83 Å². The fraction of sp³-hybridized carbons (Fsp3) is 0.278. The van der Waals surface area contributed by atoms with Crippen molar-refractivity contribution in [2.75, 3.05) is 20.3 Å². The van der Waals surface area contributed by atoms with Gasteiger partial charge in [-0.05, 0) is 61.9 Å². The fourth-order valence-corrected chi connectivity index (χ4v) is 2.94. The summed E-state index contributed by atoms with van der Waals surface area (Å²) in [6, 6.07) is 11.3. The first-order valence-electron chi connectivity index (χ1n) is 8.08. The van der Waals surface area contributed by atoms with E-state index in [1.54, 1.807) is 37.4 Å². The first-order valence-corrected chi connectivity index (χ1v) is 9.57. The lowest BCUT2D eigenvalue weighted by Crippen LogP contribution is -2.18. The molecule has 0 aliphatic heterocycles. The summed E-state index contributed by atoms with van der Waals surface area (Å²) < 4.78 is 40.5. The van der Waals surface area contributed by atoms with Crippen molar-refractivity contribution in [3.05, 3.63) is 48.0 Å². The zero-order valence-corrected chi connectivity index (χ0v) is 15.7. The maximum Gasteiger partial charge on any atom is 0.276 e. The minimum absolute atomic E-state index is 0.0999. The third-order valence-corrected chi connectivity index (χ3v) is 4.56. The molecule has 8 heteroatoms. The predicted octanol–water partition coefficient (Wildman–Crippen LogP) is 2.81. The van der Waals surface area contributed by atoms with Crippen molar-refractivity contribution in [1.82, 2.24) is 4.83 Å². The number of ether oxygens (including phenoxy) is 3. The van der Waals surface area contributed by atoms with Gasteiger partial charge in [0, 0.05) is 0 Å². The molecule has 2 rings (SSSR count). The van der Waals surface area contributed by atoms with Gasteiger partial charge >= 0.3 is 0 Å². The molecule has 2 aromatic carbocycles. The van der Waals surface area contributed by atoms with Gasteiger partial charge in [-0.2, -0.15) is 13.5 Å². The van der Waals surface area contributed by atoms with Crippen LogP contribution in [0.3, 0.4) is 0 Å². The van der Waals surface area contributed by atoms with Crippen LogP contribution in [0.5, 0.6) is 17.2 Å². The van der Waals surface area contributed by atoms with E-state index in [4.69, 9.17) is 14.2 Å². The Hall–Kier alpha value is -2.74. The SMILES string of the molecule is CCOc1ccc(S(=O)(=O)N/N=C\c2ccc(OC)c(OCC)c2)cc1. The van der Waals surface area contributed by atoms with E-state index < -0.39 is 10.0 Å². The number of sulfonamides is 1. The molecule has 0 unspecified atom stereocenters. The molecule has 140 valence electrons. The molecule has 0 atom stereocenters. The second-order valence-electron chi connectivity index (χ2n) is 5.10. The molecule has 0 radical (unpaired) electrons. The van der Waals surface area contributed by atoms with Crippen LogP contribution in [0.1, 0.15) is 19.4 Å². The zero-order chi connectivity index (χ0) is 19.0. The highest BCUT2D eigenvalue weighted by Crippen LogP contribution is 2.27. The molecular formula is C18H22N2O5S. The summed E-state index contributed by atoms with van der Waals surface area (Å²) in [7, 11) is -2.20. The molecule has 1 N–H and O–H groups in total. The molecule has 0 saturated heterocycles. The average molecular weight is 378 g/mol. The van der Waals surface area contributed by atoms with Gasteiger partial charge in [0.05, 0.1) is 31.4 Å². The molecule has 0 amide bonds. The molecule has 2 aromatic rings. The van der Waals surface area contributed by atoms with Crippen molar-refractivity contribution in [1.29, 1.82) is 0 Å². The van der Waals surface area contributed by atoms with Crippen LogP contribution in [-0.4, -0.2) is 35.0 Å². The predicted molar refractivity (Wildman–Crippen MR) is 99.7 cm³/mol. The Morgan fingerprint density at radius 3 is 2.31 bits per heavy atom. The minimum Gasteiger partial charge on any atom is -0.494 e. The summed E-state index contributed by atoms with van der Waals surface area (Å²) in [5.41, 5.74) is 0.670. The quantitative estimate of drug-likeness (QED) is 0.536. The molecule has 0 aliphatic carbocycles. The van der Waals surface area contributed by atoms with E-state index in [1.165, 1.54) is 18.3 Å². The minimum atomic E-state index is -3.75. The van der Waals surface area contributed by atoms with E-state index in [0.29, 0.717) is 36.0 Å². The molecule has 0 spiro atoms. The second-order valence-corrected chi connectivity index (χ2v) is 6.76. The van der Waals surface area contributed by atoms with Crippen molar-refractivity contribution in [3.63, 3.8) is 0 Å². The molecule has 0 saturated carbocycles. The van der Waals surface area contributed by atoms with E-state index in [0.717, 1.165) is 0 Å². The van der Waals surface area contributed by atoms with E-state index >= 15 is 0 Å². The summed E-state index contributed by atoms with van der Waals surface area (Å²) in [4.78, 5) is 2.28. The lowest BCUT2D eigenvalue weighted by Gasteiger charge is -2.09. The Morgan fingerprint density at radius 1 is 1.00 bits per heavy atom. The largest absolute Gasteiger partial charge is 0.494 e. The van der Waals surface area contributed by atoms with Gasteiger partial charge in [-0.15, -0.1) is 0 Å². The lowest BCUT2D eigenvalue weighted by atomic mass is 10.2. The number of rotatable bonds is 9. The Bertz CT molecular complexity index is 848. The van der Waals surface area contributed by atoms with E-state index in [9.17, 15) is 8.42 Å². The monoisotopic (exact) mass is 378 g/mol. The van der Waals surface area contributed by atoms with E-state index in [2.05, 4.69) is 9.93 Å². The third kappa shape index (κ3) is 5.13. The number of hydrazone groups is 1. The van der Waals surface area contributed by atoms with Gasteiger partial charge in [0.1, 0.15) is 5.75 Å². The Kier molecular flexibility index (Phi) is 6.85. The second kappa shape index (κ2) is 9.10. The van der Waals surface area contributed by atoms with Crippen LogP contribution in [0.25, 0.3) is 0 Å².